The van der Waals surface area contributed by atoms with Crippen LogP contribution in [0.3, 0.4) is 0 Å². The molecule has 124 valence electrons. The van der Waals surface area contributed by atoms with E-state index in [1.54, 1.807) is 18.2 Å². The summed E-state index contributed by atoms with van der Waals surface area (Å²) in [4.78, 5) is 28.6. The fourth-order valence-electron chi connectivity index (χ4n) is 2.53. The van der Waals surface area contributed by atoms with Gasteiger partial charge in [0.05, 0.1) is 6.42 Å². The zero-order valence-electron chi connectivity index (χ0n) is 12.6. The van der Waals surface area contributed by atoms with Gasteiger partial charge in [-0.3, -0.25) is 14.9 Å². The summed E-state index contributed by atoms with van der Waals surface area (Å²) in [6.45, 7) is 0.162. The number of hydrogen-bond acceptors (Lipinski definition) is 7. The molecule has 3 heterocycles. The van der Waals surface area contributed by atoms with E-state index in [-0.39, 0.29) is 31.0 Å². The largest absolute Gasteiger partial charge is 0.454 e. The van der Waals surface area contributed by atoms with Crippen molar-refractivity contribution in [1.82, 2.24) is 14.8 Å². The first kappa shape index (κ1) is 14.8. The number of hydrogen-bond donors (Lipinski definition) is 2. The van der Waals surface area contributed by atoms with E-state index in [1.807, 2.05) is 6.26 Å². The van der Waals surface area contributed by atoms with Gasteiger partial charge in [-0.25, -0.2) is 4.68 Å². The molecule has 1 unspecified atom stereocenters. The fourth-order valence-corrected chi connectivity index (χ4v) is 2.88. The van der Waals surface area contributed by atoms with E-state index < -0.39 is 6.04 Å². The highest BCUT2D eigenvalue weighted by atomic mass is 32.2. The van der Waals surface area contributed by atoms with E-state index in [4.69, 9.17) is 9.47 Å². The minimum atomic E-state index is -0.757. The van der Waals surface area contributed by atoms with Crippen LogP contribution in [-0.2, 0) is 9.59 Å². The molecule has 0 fully saturated rings. The molecule has 0 bridgehead atoms. The predicted molar refractivity (Wildman–Crippen MR) is 85.3 cm³/mol. The van der Waals surface area contributed by atoms with Crippen LogP contribution < -0.4 is 20.1 Å². The molecule has 1 atom stereocenters. The monoisotopic (exact) mass is 347 g/mol. The first-order valence-electron chi connectivity index (χ1n) is 7.15. The Labute approximate surface area is 140 Å². The third-order valence-corrected chi connectivity index (χ3v) is 4.20. The van der Waals surface area contributed by atoms with Gasteiger partial charge < -0.3 is 14.8 Å². The van der Waals surface area contributed by atoms with Gasteiger partial charge in [0.15, 0.2) is 11.5 Å². The van der Waals surface area contributed by atoms with E-state index in [2.05, 4.69) is 20.7 Å². The fraction of sp³-hybridized carbons (Fsp3) is 0.286. The maximum absolute atomic E-state index is 12.6. The highest BCUT2D eigenvalue weighted by Gasteiger charge is 2.33. The Morgan fingerprint density at radius 3 is 3.08 bits per heavy atom. The summed E-state index contributed by atoms with van der Waals surface area (Å²) in [7, 11) is 0. The Balaban J connectivity index is 1.58. The second kappa shape index (κ2) is 5.71. The van der Waals surface area contributed by atoms with Crippen molar-refractivity contribution < 1.29 is 19.1 Å². The summed E-state index contributed by atoms with van der Waals surface area (Å²) in [6.07, 6.45) is 1.82. The minimum absolute atomic E-state index is 0.000562. The first-order chi connectivity index (χ1) is 11.6. The van der Waals surface area contributed by atoms with Crippen molar-refractivity contribution in [3.8, 4) is 11.5 Å². The number of nitrogens with zero attached hydrogens (tertiary/aromatic N) is 3. The molecule has 2 aliphatic rings. The number of carbonyl (C=O) groups is 2. The zero-order chi connectivity index (χ0) is 16.7. The molecule has 24 heavy (non-hydrogen) atoms. The average molecular weight is 347 g/mol. The summed E-state index contributed by atoms with van der Waals surface area (Å²) < 4.78 is 12.0. The van der Waals surface area contributed by atoms with Gasteiger partial charge in [-0.2, -0.15) is 4.98 Å². The third kappa shape index (κ3) is 2.54. The molecule has 0 saturated heterocycles. The number of nitrogens with one attached hydrogen (secondary N) is 2. The van der Waals surface area contributed by atoms with Gasteiger partial charge in [0.2, 0.25) is 29.7 Å². The molecule has 2 N–H and O–H groups in total. The lowest BCUT2D eigenvalue weighted by Gasteiger charge is -2.22. The van der Waals surface area contributed by atoms with Crippen LogP contribution in [0.15, 0.2) is 23.4 Å². The number of anilines is 2. The molecule has 4 rings (SSSR count). The number of aromatic nitrogens is 3. The summed E-state index contributed by atoms with van der Waals surface area (Å²) in [5.74, 6) is 0.867. The van der Waals surface area contributed by atoms with Crippen LogP contribution in [0.25, 0.3) is 0 Å². The molecule has 0 spiro atoms. The van der Waals surface area contributed by atoms with E-state index in [0.717, 1.165) is 0 Å². The van der Waals surface area contributed by atoms with Crippen LogP contribution in [0, 0.1) is 0 Å². The van der Waals surface area contributed by atoms with Crippen molar-refractivity contribution in [2.24, 2.45) is 0 Å². The molecule has 2 amide bonds. The first-order valence-corrected chi connectivity index (χ1v) is 8.37. The Morgan fingerprint density at radius 1 is 1.42 bits per heavy atom. The maximum Gasteiger partial charge on any atom is 0.249 e. The molecular weight excluding hydrogens is 334 g/mol. The predicted octanol–water partition coefficient (Wildman–Crippen LogP) is 1.25. The molecule has 1 aromatic heterocycles. The molecular formula is C14H13N5O4S. The summed E-state index contributed by atoms with van der Waals surface area (Å²) >= 11 is 1.34. The van der Waals surface area contributed by atoms with Crippen molar-refractivity contribution in [2.45, 2.75) is 17.6 Å². The minimum Gasteiger partial charge on any atom is -0.454 e. The van der Waals surface area contributed by atoms with Gasteiger partial charge in [0.1, 0.15) is 6.04 Å². The van der Waals surface area contributed by atoms with Crippen molar-refractivity contribution in [2.75, 3.05) is 23.7 Å². The van der Waals surface area contributed by atoms with Gasteiger partial charge in [-0.15, -0.1) is 5.10 Å². The van der Waals surface area contributed by atoms with Crippen LogP contribution in [0.1, 0.15) is 12.5 Å². The molecule has 0 aliphatic carbocycles. The quantitative estimate of drug-likeness (QED) is 0.805. The Kier molecular flexibility index (Phi) is 3.53. The van der Waals surface area contributed by atoms with Crippen LogP contribution in [-0.4, -0.2) is 39.6 Å². The molecule has 0 saturated carbocycles. The van der Waals surface area contributed by atoms with Gasteiger partial charge in [0, 0.05) is 11.8 Å². The number of amides is 2. The molecule has 1 aromatic carbocycles. The topological polar surface area (TPSA) is 107 Å². The van der Waals surface area contributed by atoms with E-state index in [9.17, 15) is 9.59 Å². The molecule has 2 aliphatic heterocycles. The number of fused-ring (bicyclic) bond motifs is 2. The zero-order valence-corrected chi connectivity index (χ0v) is 13.4. The smallest absolute Gasteiger partial charge is 0.249 e. The maximum atomic E-state index is 12.6. The van der Waals surface area contributed by atoms with Gasteiger partial charge in [0.25, 0.3) is 0 Å². The van der Waals surface area contributed by atoms with Crippen LogP contribution in [0.5, 0.6) is 11.5 Å². The van der Waals surface area contributed by atoms with Crippen LogP contribution in [0.4, 0.5) is 11.6 Å². The summed E-state index contributed by atoms with van der Waals surface area (Å²) in [5.41, 5.74) is 0.557. The number of ether oxygens (including phenoxy) is 2. The van der Waals surface area contributed by atoms with Crippen molar-refractivity contribution in [1.29, 1.82) is 0 Å². The van der Waals surface area contributed by atoms with E-state index >= 15 is 0 Å². The highest BCUT2D eigenvalue weighted by Crippen LogP contribution is 2.34. The number of carbonyl (C=O) groups excluding carboxylic acids is 2. The van der Waals surface area contributed by atoms with Gasteiger partial charge in [-0.1, -0.05) is 11.8 Å². The number of thioether (sulfide) groups is 1. The Hall–Kier alpha value is -2.75. The normalized spacial score (nSPS) is 18.0. The lowest BCUT2D eigenvalue weighted by Crippen LogP contribution is -2.36. The molecule has 10 heteroatoms. The Bertz CT molecular complexity index is 837. The van der Waals surface area contributed by atoms with Crippen LogP contribution >= 0.6 is 11.8 Å². The lowest BCUT2D eigenvalue weighted by molar-refractivity contribution is -0.125. The molecule has 0 radical (unpaired) electrons. The van der Waals surface area contributed by atoms with Crippen molar-refractivity contribution in [3.05, 3.63) is 18.2 Å². The SMILES string of the molecule is CSc1nc2n(n1)C(C(=O)Nc1ccc3c(c1)OCO3)CC(=O)N2. The lowest BCUT2D eigenvalue weighted by atomic mass is 10.1. The standard InChI is InChI=1S/C14H13N5O4S/c1-24-14-17-13-16-11(20)5-8(19(13)18-14)12(21)15-7-2-3-9-10(4-7)23-6-22-9/h2-4,8H,5-6H2,1H3,(H,15,21)(H,16,17,18,20). The van der Waals surface area contributed by atoms with E-state index in [1.165, 1.54) is 16.4 Å². The highest BCUT2D eigenvalue weighted by molar-refractivity contribution is 7.98. The summed E-state index contributed by atoms with van der Waals surface area (Å²) in [5, 5.41) is 10.1. The van der Waals surface area contributed by atoms with E-state index in [0.29, 0.717) is 22.3 Å². The van der Waals surface area contributed by atoms with Gasteiger partial charge >= 0.3 is 0 Å². The van der Waals surface area contributed by atoms with Gasteiger partial charge in [-0.05, 0) is 18.4 Å². The average Bonchev–Trinajstić information content (AvgIpc) is 3.19. The second-order valence-electron chi connectivity index (χ2n) is 5.19. The summed E-state index contributed by atoms with van der Waals surface area (Å²) in [6, 6.07) is 4.36. The third-order valence-electron chi connectivity index (χ3n) is 3.66. The second-order valence-corrected chi connectivity index (χ2v) is 5.97. The molecule has 9 nitrogen and oxygen atoms in total. The molecule has 2 aromatic rings. The number of rotatable bonds is 3. The van der Waals surface area contributed by atoms with Crippen molar-refractivity contribution in [3.63, 3.8) is 0 Å². The Morgan fingerprint density at radius 2 is 2.25 bits per heavy atom. The van der Waals surface area contributed by atoms with Crippen LogP contribution in [0.2, 0.25) is 0 Å². The van der Waals surface area contributed by atoms with Crippen molar-refractivity contribution >= 4 is 35.2 Å². The number of benzene rings is 1.